The lowest BCUT2D eigenvalue weighted by Gasteiger charge is -2.28. The Morgan fingerprint density at radius 3 is 2.79 bits per heavy atom. The van der Waals surface area contributed by atoms with Gasteiger partial charge in [0.1, 0.15) is 11.9 Å². The number of fused-ring (bicyclic) bond motifs is 1. The number of rotatable bonds is 5. The van der Waals surface area contributed by atoms with Gasteiger partial charge in [0.15, 0.2) is 0 Å². The van der Waals surface area contributed by atoms with Crippen LogP contribution in [0.25, 0.3) is 10.9 Å². The highest BCUT2D eigenvalue weighted by molar-refractivity contribution is 6.14. The quantitative estimate of drug-likeness (QED) is 0.691. The highest BCUT2D eigenvalue weighted by atomic mass is 16.5. The molecule has 1 aliphatic rings. The zero-order valence-electron chi connectivity index (χ0n) is 17.0. The maximum absolute atomic E-state index is 13.0. The summed E-state index contributed by atoms with van der Waals surface area (Å²) >= 11 is 0. The molecule has 3 aromatic rings. The molecule has 0 radical (unpaired) electrons. The normalized spacial score (nSPS) is 15.4. The van der Waals surface area contributed by atoms with E-state index in [9.17, 15) is 4.79 Å². The van der Waals surface area contributed by atoms with Crippen molar-refractivity contribution in [2.24, 2.45) is 0 Å². The van der Waals surface area contributed by atoms with Gasteiger partial charge >= 0.3 is 0 Å². The number of nitrogens with zero attached hydrogens (tertiary/aromatic N) is 2. The van der Waals surface area contributed by atoms with Crippen molar-refractivity contribution in [3.8, 4) is 11.6 Å². The number of carbonyl (C=O) groups excluding carboxylic acids is 1. The summed E-state index contributed by atoms with van der Waals surface area (Å²) in [6.45, 7) is 3.93. The molecule has 1 aromatic carbocycles. The molecule has 3 heterocycles. The highest BCUT2D eigenvalue weighted by Gasteiger charge is 2.20. The number of nitrogens with one attached hydrogen (secondary N) is 2. The number of carbonyl (C=O) groups is 1. The van der Waals surface area contributed by atoms with E-state index in [-0.39, 0.29) is 12.0 Å². The summed E-state index contributed by atoms with van der Waals surface area (Å²) in [5, 5.41) is 3.80. The first-order valence-corrected chi connectivity index (χ1v) is 9.82. The summed E-state index contributed by atoms with van der Waals surface area (Å²) in [6.07, 6.45) is 3.77. The molecule has 0 spiro atoms. The number of hydrogen-bond acceptors (Lipinski definition) is 5. The van der Waals surface area contributed by atoms with Gasteiger partial charge in [-0.15, -0.1) is 0 Å². The Morgan fingerprint density at radius 1 is 1.24 bits per heavy atom. The fraction of sp³-hybridized carbons (Fsp3) is 0.364. The predicted octanol–water partition coefficient (Wildman–Crippen LogP) is 3.61. The number of pyridine rings is 1. The summed E-state index contributed by atoms with van der Waals surface area (Å²) in [5.74, 6) is 1.07. The van der Waals surface area contributed by atoms with Crippen molar-refractivity contribution in [3.63, 3.8) is 0 Å². The average molecular weight is 394 g/mol. The molecule has 1 fully saturated rings. The van der Waals surface area contributed by atoms with E-state index in [2.05, 4.69) is 27.2 Å². The molecule has 29 heavy (non-hydrogen) atoms. The molecular weight excluding hydrogens is 368 g/mol. The molecule has 152 valence electrons. The molecule has 0 atom stereocenters. The Balaban J connectivity index is 1.51. The van der Waals surface area contributed by atoms with Crippen molar-refractivity contribution in [2.75, 3.05) is 32.6 Å². The zero-order valence-corrected chi connectivity index (χ0v) is 17.0. The minimum absolute atomic E-state index is 0.160. The molecule has 1 amide bonds. The van der Waals surface area contributed by atoms with Crippen LogP contribution in [0.5, 0.6) is 11.6 Å². The second-order valence-electron chi connectivity index (χ2n) is 7.49. The number of anilines is 1. The summed E-state index contributed by atoms with van der Waals surface area (Å²) in [4.78, 5) is 22.9. The van der Waals surface area contributed by atoms with Crippen LogP contribution in [-0.2, 0) is 0 Å². The first kappa shape index (κ1) is 19.3. The van der Waals surface area contributed by atoms with E-state index in [1.54, 1.807) is 25.4 Å². The number of ether oxygens (including phenoxy) is 2. The van der Waals surface area contributed by atoms with E-state index in [4.69, 9.17) is 9.47 Å². The fourth-order valence-corrected chi connectivity index (χ4v) is 3.74. The van der Waals surface area contributed by atoms with Crippen LogP contribution < -0.4 is 14.8 Å². The smallest absolute Gasteiger partial charge is 0.258 e. The number of benzene rings is 1. The first-order chi connectivity index (χ1) is 14.0. The Morgan fingerprint density at radius 2 is 2.03 bits per heavy atom. The van der Waals surface area contributed by atoms with Gasteiger partial charge in [0.05, 0.1) is 12.7 Å². The largest absolute Gasteiger partial charge is 0.497 e. The summed E-state index contributed by atoms with van der Waals surface area (Å²) < 4.78 is 11.3. The van der Waals surface area contributed by atoms with Crippen molar-refractivity contribution in [3.05, 3.63) is 47.8 Å². The third kappa shape index (κ3) is 4.19. The Labute approximate surface area is 170 Å². The number of hydrogen-bond donors (Lipinski definition) is 2. The molecular formula is C22H26N4O3. The van der Waals surface area contributed by atoms with Gasteiger partial charge in [0.25, 0.3) is 5.91 Å². The molecule has 4 rings (SSSR count). The standard InChI is InChI=1S/C22H26N4O3/c1-14-21(18-13-17(28-3)4-5-19(18)24-14)22(27)25-15-6-9-23-20(12-15)29-16-7-10-26(2)11-8-16/h4-6,9,12-13,16,24H,7-8,10-11H2,1-3H3,(H,23,25,27). The molecule has 0 unspecified atom stereocenters. The van der Waals surface area contributed by atoms with E-state index in [0.29, 0.717) is 22.9 Å². The van der Waals surface area contributed by atoms with Gasteiger partial charge in [0.2, 0.25) is 5.88 Å². The number of amides is 1. The SMILES string of the molecule is COc1ccc2[nH]c(C)c(C(=O)Nc3ccnc(OC4CCN(C)CC4)c3)c2c1. The lowest BCUT2D eigenvalue weighted by molar-refractivity contribution is 0.102. The average Bonchev–Trinajstić information content (AvgIpc) is 3.05. The van der Waals surface area contributed by atoms with Crippen molar-refractivity contribution in [2.45, 2.75) is 25.9 Å². The molecule has 2 aromatic heterocycles. The molecule has 2 N–H and O–H groups in total. The van der Waals surface area contributed by atoms with Crippen molar-refractivity contribution >= 4 is 22.5 Å². The van der Waals surface area contributed by atoms with Crippen LogP contribution in [0.4, 0.5) is 5.69 Å². The number of likely N-dealkylation sites (tertiary alicyclic amines) is 1. The molecule has 0 bridgehead atoms. The molecule has 0 aliphatic carbocycles. The fourth-order valence-electron chi connectivity index (χ4n) is 3.74. The Kier molecular flexibility index (Phi) is 5.40. The number of H-pyrrole nitrogens is 1. The van der Waals surface area contributed by atoms with Crippen LogP contribution in [0.15, 0.2) is 36.5 Å². The Hall–Kier alpha value is -3.06. The maximum atomic E-state index is 13.0. The van der Waals surface area contributed by atoms with Gasteiger partial charge in [0, 0.05) is 47.6 Å². The van der Waals surface area contributed by atoms with Gasteiger partial charge < -0.3 is 24.7 Å². The van der Waals surface area contributed by atoms with Crippen LogP contribution in [0, 0.1) is 6.92 Å². The van der Waals surface area contributed by atoms with Gasteiger partial charge in [-0.3, -0.25) is 4.79 Å². The third-order valence-electron chi connectivity index (χ3n) is 5.37. The lowest BCUT2D eigenvalue weighted by Crippen LogP contribution is -2.35. The zero-order chi connectivity index (χ0) is 20.4. The maximum Gasteiger partial charge on any atom is 0.258 e. The van der Waals surface area contributed by atoms with Crippen LogP contribution in [-0.4, -0.2) is 54.1 Å². The van der Waals surface area contributed by atoms with E-state index in [0.717, 1.165) is 42.5 Å². The second kappa shape index (κ2) is 8.13. The van der Waals surface area contributed by atoms with E-state index in [1.165, 1.54) is 0 Å². The van der Waals surface area contributed by atoms with Gasteiger partial charge in [-0.1, -0.05) is 0 Å². The molecule has 0 saturated carbocycles. The van der Waals surface area contributed by atoms with Crippen LogP contribution in [0.2, 0.25) is 0 Å². The molecule has 7 nitrogen and oxygen atoms in total. The molecule has 1 aliphatic heterocycles. The molecule has 1 saturated heterocycles. The number of aryl methyl sites for hydroxylation is 1. The summed E-state index contributed by atoms with van der Waals surface area (Å²) in [7, 11) is 3.73. The number of aromatic nitrogens is 2. The van der Waals surface area contributed by atoms with E-state index >= 15 is 0 Å². The van der Waals surface area contributed by atoms with Gasteiger partial charge in [-0.05, 0) is 51.1 Å². The van der Waals surface area contributed by atoms with Crippen molar-refractivity contribution in [1.82, 2.24) is 14.9 Å². The van der Waals surface area contributed by atoms with Gasteiger partial charge in [-0.2, -0.15) is 0 Å². The van der Waals surface area contributed by atoms with Crippen molar-refractivity contribution < 1.29 is 14.3 Å². The van der Waals surface area contributed by atoms with Crippen molar-refractivity contribution in [1.29, 1.82) is 0 Å². The minimum Gasteiger partial charge on any atom is -0.497 e. The Bertz CT molecular complexity index is 1020. The second-order valence-corrected chi connectivity index (χ2v) is 7.49. The van der Waals surface area contributed by atoms with Crippen LogP contribution in [0.1, 0.15) is 28.9 Å². The topological polar surface area (TPSA) is 79.5 Å². The van der Waals surface area contributed by atoms with Gasteiger partial charge in [-0.25, -0.2) is 4.98 Å². The number of aromatic amines is 1. The van der Waals surface area contributed by atoms with E-state index < -0.39 is 0 Å². The summed E-state index contributed by atoms with van der Waals surface area (Å²) in [5.41, 5.74) is 2.97. The number of methoxy groups -OCH3 is 1. The first-order valence-electron chi connectivity index (χ1n) is 9.82. The predicted molar refractivity (Wildman–Crippen MR) is 113 cm³/mol. The lowest BCUT2D eigenvalue weighted by atomic mass is 10.1. The highest BCUT2D eigenvalue weighted by Crippen LogP contribution is 2.27. The van der Waals surface area contributed by atoms with Crippen LogP contribution >= 0.6 is 0 Å². The van der Waals surface area contributed by atoms with E-state index in [1.807, 2.05) is 25.1 Å². The third-order valence-corrected chi connectivity index (χ3v) is 5.37. The minimum atomic E-state index is -0.182. The number of piperidine rings is 1. The molecule has 7 heteroatoms. The van der Waals surface area contributed by atoms with Crippen LogP contribution in [0.3, 0.4) is 0 Å². The summed E-state index contributed by atoms with van der Waals surface area (Å²) in [6, 6.07) is 9.20. The monoisotopic (exact) mass is 394 g/mol.